The molecule has 0 saturated heterocycles. The molecular weight excluding hydrogens is 174 g/mol. The maximum absolute atomic E-state index is 8.64. The first-order chi connectivity index (χ1) is 6.72. The fraction of sp³-hybridized carbons (Fsp3) is 0.273. The molecule has 3 nitrogen and oxygen atoms in total. The first kappa shape index (κ1) is 10.4. The molecular formula is C11H13N3. The van der Waals surface area contributed by atoms with Crippen molar-refractivity contribution in [2.45, 2.75) is 19.4 Å². The van der Waals surface area contributed by atoms with E-state index in [-0.39, 0.29) is 6.04 Å². The number of hydrogen-bond acceptors (Lipinski definition) is 3. The van der Waals surface area contributed by atoms with Crippen LogP contribution < -0.4 is 5.73 Å². The monoisotopic (exact) mass is 187 g/mol. The summed E-state index contributed by atoms with van der Waals surface area (Å²) in [5.74, 6) is 0. The first-order valence-corrected chi connectivity index (χ1v) is 4.49. The molecule has 3 heteroatoms. The van der Waals surface area contributed by atoms with E-state index in [4.69, 9.17) is 11.0 Å². The molecule has 0 aliphatic carbocycles. The van der Waals surface area contributed by atoms with Gasteiger partial charge in [0.2, 0.25) is 0 Å². The third kappa shape index (κ3) is 3.38. The SMILES string of the molecule is C[C@H](N)C/C=C/c1cncc(C#N)c1. The Hall–Kier alpha value is -1.66. The molecule has 2 N–H and O–H groups in total. The molecule has 0 spiro atoms. The molecule has 14 heavy (non-hydrogen) atoms. The zero-order chi connectivity index (χ0) is 10.4. The molecule has 72 valence electrons. The van der Waals surface area contributed by atoms with Gasteiger partial charge in [-0.15, -0.1) is 0 Å². The molecule has 0 fully saturated rings. The van der Waals surface area contributed by atoms with Crippen LogP contribution in [-0.4, -0.2) is 11.0 Å². The first-order valence-electron chi connectivity index (χ1n) is 4.49. The molecule has 0 aliphatic rings. The second-order valence-corrected chi connectivity index (χ2v) is 3.23. The minimum Gasteiger partial charge on any atom is -0.328 e. The molecule has 0 amide bonds. The van der Waals surface area contributed by atoms with Crippen molar-refractivity contribution in [1.82, 2.24) is 4.98 Å². The topological polar surface area (TPSA) is 62.7 Å². The van der Waals surface area contributed by atoms with Crippen molar-refractivity contribution in [1.29, 1.82) is 5.26 Å². The Morgan fingerprint density at radius 1 is 1.64 bits per heavy atom. The Balaban J connectivity index is 2.68. The van der Waals surface area contributed by atoms with Crippen LogP contribution in [0.2, 0.25) is 0 Å². The van der Waals surface area contributed by atoms with Crippen LogP contribution in [0.25, 0.3) is 6.08 Å². The van der Waals surface area contributed by atoms with Gasteiger partial charge in [0.1, 0.15) is 6.07 Å². The minimum atomic E-state index is 0.165. The highest BCUT2D eigenvalue weighted by atomic mass is 14.6. The summed E-state index contributed by atoms with van der Waals surface area (Å²) in [7, 11) is 0. The lowest BCUT2D eigenvalue weighted by Gasteiger charge is -1.97. The molecule has 0 radical (unpaired) electrons. The van der Waals surface area contributed by atoms with E-state index in [1.54, 1.807) is 18.5 Å². The van der Waals surface area contributed by atoms with E-state index < -0.39 is 0 Å². The smallest absolute Gasteiger partial charge is 0.101 e. The summed E-state index contributed by atoms with van der Waals surface area (Å²) >= 11 is 0. The van der Waals surface area contributed by atoms with Gasteiger partial charge in [-0.25, -0.2) is 0 Å². The van der Waals surface area contributed by atoms with Crippen molar-refractivity contribution >= 4 is 6.08 Å². The van der Waals surface area contributed by atoms with Crippen LogP contribution in [0.1, 0.15) is 24.5 Å². The summed E-state index contributed by atoms with van der Waals surface area (Å²) in [5.41, 5.74) is 7.11. The molecule has 0 aliphatic heterocycles. The summed E-state index contributed by atoms with van der Waals surface area (Å²) in [6.45, 7) is 1.95. The Bertz CT molecular complexity index is 361. The van der Waals surface area contributed by atoms with Crippen LogP contribution >= 0.6 is 0 Å². The summed E-state index contributed by atoms with van der Waals surface area (Å²) in [5, 5.41) is 8.64. The zero-order valence-electron chi connectivity index (χ0n) is 8.14. The minimum absolute atomic E-state index is 0.165. The molecule has 1 heterocycles. The fourth-order valence-corrected chi connectivity index (χ4v) is 1.03. The molecule has 1 aromatic rings. The molecule has 0 bridgehead atoms. The Kier molecular flexibility index (Phi) is 3.84. The van der Waals surface area contributed by atoms with Crippen molar-refractivity contribution in [3.63, 3.8) is 0 Å². The quantitative estimate of drug-likeness (QED) is 0.783. The van der Waals surface area contributed by atoms with Crippen molar-refractivity contribution in [2.24, 2.45) is 5.73 Å². The Labute approximate surface area is 83.9 Å². The van der Waals surface area contributed by atoms with Gasteiger partial charge in [-0.2, -0.15) is 5.26 Å². The van der Waals surface area contributed by atoms with Gasteiger partial charge in [-0.3, -0.25) is 4.98 Å². The molecule has 0 saturated carbocycles. The van der Waals surface area contributed by atoms with Crippen LogP contribution in [0.4, 0.5) is 0 Å². The number of rotatable bonds is 3. The van der Waals surface area contributed by atoms with E-state index in [0.717, 1.165) is 12.0 Å². The zero-order valence-corrected chi connectivity index (χ0v) is 8.14. The Morgan fingerprint density at radius 2 is 2.43 bits per heavy atom. The van der Waals surface area contributed by atoms with Crippen LogP contribution in [0.5, 0.6) is 0 Å². The molecule has 0 unspecified atom stereocenters. The lowest BCUT2D eigenvalue weighted by Crippen LogP contribution is -2.12. The highest BCUT2D eigenvalue weighted by Crippen LogP contribution is 2.04. The third-order valence-electron chi connectivity index (χ3n) is 1.71. The predicted molar refractivity (Wildman–Crippen MR) is 56.3 cm³/mol. The number of aromatic nitrogens is 1. The maximum atomic E-state index is 8.64. The lowest BCUT2D eigenvalue weighted by molar-refractivity contribution is 0.759. The summed E-state index contributed by atoms with van der Waals surface area (Å²) < 4.78 is 0. The van der Waals surface area contributed by atoms with Crippen molar-refractivity contribution in [3.05, 3.63) is 35.7 Å². The van der Waals surface area contributed by atoms with E-state index in [2.05, 4.69) is 4.98 Å². The average molecular weight is 187 g/mol. The van der Waals surface area contributed by atoms with Gasteiger partial charge in [-0.1, -0.05) is 12.2 Å². The van der Waals surface area contributed by atoms with Gasteiger partial charge < -0.3 is 5.73 Å². The van der Waals surface area contributed by atoms with E-state index in [0.29, 0.717) is 5.56 Å². The summed E-state index contributed by atoms with van der Waals surface area (Å²) in [6, 6.07) is 4.01. The van der Waals surface area contributed by atoms with Gasteiger partial charge in [0.15, 0.2) is 0 Å². The largest absolute Gasteiger partial charge is 0.328 e. The van der Waals surface area contributed by atoms with Gasteiger partial charge in [0, 0.05) is 18.4 Å². The van der Waals surface area contributed by atoms with Crippen LogP contribution in [-0.2, 0) is 0 Å². The van der Waals surface area contributed by atoms with E-state index in [9.17, 15) is 0 Å². The number of nitrogens with two attached hydrogens (primary N) is 1. The van der Waals surface area contributed by atoms with Gasteiger partial charge >= 0.3 is 0 Å². The van der Waals surface area contributed by atoms with Crippen LogP contribution in [0.3, 0.4) is 0 Å². The van der Waals surface area contributed by atoms with Crippen molar-refractivity contribution < 1.29 is 0 Å². The van der Waals surface area contributed by atoms with Crippen LogP contribution in [0.15, 0.2) is 24.5 Å². The van der Waals surface area contributed by atoms with E-state index in [1.165, 1.54) is 0 Å². The Morgan fingerprint density at radius 3 is 3.07 bits per heavy atom. The second kappa shape index (κ2) is 5.15. The highest BCUT2D eigenvalue weighted by Gasteiger charge is 1.92. The third-order valence-corrected chi connectivity index (χ3v) is 1.71. The number of hydrogen-bond donors (Lipinski definition) is 1. The lowest BCUT2D eigenvalue weighted by atomic mass is 10.1. The average Bonchev–Trinajstić information content (AvgIpc) is 2.18. The standard InChI is InChI=1S/C11H13N3/c1-9(13)3-2-4-10-5-11(6-12)8-14-7-10/h2,4-5,7-9H,3,13H2,1H3/b4-2+/t9-/m0/s1. The molecule has 1 rings (SSSR count). The van der Waals surface area contributed by atoms with Crippen molar-refractivity contribution in [2.75, 3.05) is 0 Å². The van der Waals surface area contributed by atoms with Crippen molar-refractivity contribution in [3.8, 4) is 6.07 Å². The molecule has 1 aromatic heterocycles. The van der Waals surface area contributed by atoms with E-state index in [1.807, 2.05) is 25.1 Å². The number of nitrogens with zero attached hydrogens (tertiary/aromatic N) is 2. The maximum Gasteiger partial charge on any atom is 0.101 e. The number of nitriles is 1. The molecule has 0 aromatic carbocycles. The second-order valence-electron chi connectivity index (χ2n) is 3.23. The number of pyridine rings is 1. The van der Waals surface area contributed by atoms with Gasteiger partial charge in [0.05, 0.1) is 5.56 Å². The molecule has 1 atom stereocenters. The van der Waals surface area contributed by atoms with E-state index >= 15 is 0 Å². The summed E-state index contributed by atoms with van der Waals surface area (Å²) in [6.07, 6.45) is 8.01. The fourth-order valence-electron chi connectivity index (χ4n) is 1.03. The highest BCUT2D eigenvalue weighted by molar-refractivity contribution is 5.50. The van der Waals surface area contributed by atoms with Gasteiger partial charge in [-0.05, 0) is 25.0 Å². The predicted octanol–water partition coefficient (Wildman–Crippen LogP) is 1.70. The normalized spacial score (nSPS) is 12.6. The van der Waals surface area contributed by atoms with Crippen LogP contribution in [0, 0.1) is 11.3 Å². The van der Waals surface area contributed by atoms with Gasteiger partial charge in [0.25, 0.3) is 0 Å². The summed E-state index contributed by atoms with van der Waals surface area (Å²) in [4.78, 5) is 3.95.